The topological polar surface area (TPSA) is 38.3 Å². The zero-order valence-corrected chi connectivity index (χ0v) is 12.4. The van der Waals surface area contributed by atoms with Crippen LogP contribution < -0.4 is 5.32 Å². The number of hydrogen-bond donors (Lipinski definition) is 1. The van der Waals surface area contributed by atoms with E-state index in [1.54, 1.807) is 0 Å². The highest BCUT2D eigenvalue weighted by atomic mass is 16.5. The minimum atomic E-state index is -0.130. The number of carbonyl (C=O) groups excluding carboxylic acids is 1. The van der Waals surface area contributed by atoms with Crippen LogP contribution in [0.5, 0.6) is 0 Å². The molecule has 1 aliphatic rings. The molecule has 0 saturated heterocycles. The third-order valence-electron chi connectivity index (χ3n) is 4.03. The minimum Gasteiger partial charge on any atom is -0.465 e. The van der Waals surface area contributed by atoms with Crippen LogP contribution in [0.1, 0.15) is 59.8 Å². The van der Waals surface area contributed by atoms with Crippen LogP contribution in [0, 0.1) is 11.3 Å². The maximum atomic E-state index is 11.3. The van der Waals surface area contributed by atoms with Gasteiger partial charge in [-0.3, -0.25) is 4.79 Å². The first-order valence-corrected chi connectivity index (χ1v) is 7.32. The molecule has 1 fully saturated rings. The van der Waals surface area contributed by atoms with E-state index in [0.717, 1.165) is 5.92 Å². The summed E-state index contributed by atoms with van der Waals surface area (Å²) >= 11 is 0. The largest absolute Gasteiger partial charge is 0.465 e. The molecule has 1 saturated carbocycles. The molecule has 2 atom stereocenters. The van der Waals surface area contributed by atoms with Crippen molar-refractivity contribution >= 4 is 5.97 Å². The summed E-state index contributed by atoms with van der Waals surface area (Å²) in [5.74, 6) is 0.681. The number of carbonyl (C=O) groups is 1. The van der Waals surface area contributed by atoms with E-state index in [1.165, 1.54) is 32.1 Å². The highest BCUT2D eigenvalue weighted by Crippen LogP contribution is 2.36. The molecule has 2 unspecified atom stereocenters. The van der Waals surface area contributed by atoms with Crippen LogP contribution in [-0.4, -0.2) is 25.2 Å². The summed E-state index contributed by atoms with van der Waals surface area (Å²) < 4.78 is 4.94. The van der Waals surface area contributed by atoms with Crippen LogP contribution in [0.25, 0.3) is 0 Å². The molecule has 3 heteroatoms. The molecular weight excluding hydrogens is 226 g/mol. The lowest BCUT2D eigenvalue weighted by atomic mass is 9.76. The molecule has 1 N–H and O–H groups in total. The molecule has 0 aliphatic heterocycles. The predicted molar refractivity (Wildman–Crippen MR) is 74.5 cm³/mol. The van der Waals surface area contributed by atoms with Gasteiger partial charge in [0.15, 0.2) is 0 Å². The summed E-state index contributed by atoms with van der Waals surface area (Å²) in [6.45, 7) is 9.69. The van der Waals surface area contributed by atoms with E-state index >= 15 is 0 Å². The second-order valence-corrected chi connectivity index (χ2v) is 6.45. The van der Waals surface area contributed by atoms with E-state index in [4.69, 9.17) is 4.74 Å². The van der Waals surface area contributed by atoms with Crippen molar-refractivity contribution in [3.8, 4) is 0 Å². The molecule has 0 aromatic heterocycles. The van der Waals surface area contributed by atoms with Crippen LogP contribution in [-0.2, 0) is 9.53 Å². The smallest absolute Gasteiger partial charge is 0.319 e. The van der Waals surface area contributed by atoms with Gasteiger partial charge in [0, 0.05) is 6.04 Å². The molecule has 1 aliphatic carbocycles. The molecule has 0 aromatic rings. The third kappa shape index (κ3) is 5.38. The second kappa shape index (κ2) is 7.13. The van der Waals surface area contributed by atoms with Gasteiger partial charge < -0.3 is 10.1 Å². The van der Waals surface area contributed by atoms with E-state index in [9.17, 15) is 4.79 Å². The van der Waals surface area contributed by atoms with E-state index in [1.807, 2.05) is 6.92 Å². The predicted octanol–water partition coefficient (Wildman–Crippen LogP) is 3.13. The van der Waals surface area contributed by atoms with Gasteiger partial charge in [-0.1, -0.05) is 27.2 Å². The zero-order chi connectivity index (χ0) is 13.6. The monoisotopic (exact) mass is 255 g/mol. The van der Waals surface area contributed by atoms with Gasteiger partial charge in [0.25, 0.3) is 0 Å². The summed E-state index contributed by atoms with van der Waals surface area (Å²) in [4.78, 5) is 11.3. The van der Waals surface area contributed by atoms with Crippen LogP contribution >= 0.6 is 0 Å². The van der Waals surface area contributed by atoms with Gasteiger partial charge in [0.2, 0.25) is 0 Å². The normalized spacial score (nSPS) is 25.6. The van der Waals surface area contributed by atoms with E-state index in [-0.39, 0.29) is 5.97 Å². The van der Waals surface area contributed by atoms with Crippen molar-refractivity contribution in [2.75, 3.05) is 13.2 Å². The molecule has 0 aromatic carbocycles. The number of esters is 1. The van der Waals surface area contributed by atoms with Crippen molar-refractivity contribution in [2.24, 2.45) is 11.3 Å². The average molecular weight is 255 g/mol. The van der Waals surface area contributed by atoms with Gasteiger partial charge in [-0.05, 0) is 43.9 Å². The molecule has 0 radical (unpaired) electrons. The van der Waals surface area contributed by atoms with Gasteiger partial charge in [0.05, 0.1) is 13.2 Å². The Morgan fingerprint density at radius 1 is 1.22 bits per heavy atom. The quantitative estimate of drug-likeness (QED) is 0.619. The van der Waals surface area contributed by atoms with Crippen molar-refractivity contribution < 1.29 is 9.53 Å². The summed E-state index contributed by atoms with van der Waals surface area (Å²) in [5.41, 5.74) is 0.413. The zero-order valence-electron chi connectivity index (χ0n) is 12.4. The third-order valence-corrected chi connectivity index (χ3v) is 4.03. The highest BCUT2D eigenvalue weighted by molar-refractivity contribution is 5.71. The Labute approximate surface area is 112 Å². The van der Waals surface area contributed by atoms with E-state index in [0.29, 0.717) is 24.6 Å². The van der Waals surface area contributed by atoms with Crippen LogP contribution in [0.3, 0.4) is 0 Å². The molecule has 3 nitrogen and oxygen atoms in total. The Hall–Kier alpha value is -0.570. The van der Waals surface area contributed by atoms with Gasteiger partial charge in [0.1, 0.15) is 0 Å². The highest BCUT2D eigenvalue weighted by Gasteiger charge is 2.27. The second-order valence-electron chi connectivity index (χ2n) is 6.45. The summed E-state index contributed by atoms with van der Waals surface area (Å²) in [7, 11) is 0. The molecule has 1 rings (SSSR count). The Kier molecular flexibility index (Phi) is 6.13. The number of ether oxygens (including phenoxy) is 1. The van der Waals surface area contributed by atoms with Crippen LogP contribution in [0.15, 0.2) is 0 Å². The molecule has 0 amide bonds. The molecule has 106 valence electrons. The first-order chi connectivity index (χ1) is 8.43. The maximum absolute atomic E-state index is 11.3. The number of rotatable bonds is 4. The molecule has 0 spiro atoms. The van der Waals surface area contributed by atoms with E-state index in [2.05, 4.69) is 26.1 Å². The SMILES string of the molecule is CCOC(=O)CNC1CCCC(C(C)(C)C)CC1. The van der Waals surface area contributed by atoms with Gasteiger partial charge in [-0.2, -0.15) is 0 Å². The Bertz CT molecular complexity index is 258. The van der Waals surface area contributed by atoms with Crippen molar-refractivity contribution in [3.63, 3.8) is 0 Å². The van der Waals surface area contributed by atoms with Crippen LogP contribution in [0.4, 0.5) is 0 Å². The molecular formula is C15H29NO2. The lowest BCUT2D eigenvalue weighted by molar-refractivity contribution is -0.142. The maximum Gasteiger partial charge on any atom is 0.319 e. The fraction of sp³-hybridized carbons (Fsp3) is 0.933. The molecule has 0 heterocycles. The lowest BCUT2D eigenvalue weighted by Gasteiger charge is -2.29. The standard InChI is InChI=1S/C15H29NO2/c1-5-18-14(17)11-16-13-8-6-7-12(9-10-13)15(2,3)4/h12-13,16H,5-11H2,1-4H3. The van der Waals surface area contributed by atoms with Crippen LogP contribution in [0.2, 0.25) is 0 Å². The Balaban J connectivity index is 2.31. The van der Waals surface area contributed by atoms with Gasteiger partial charge >= 0.3 is 5.97 Å². The first kappa shape index (κ1) is 15.5. The molecule has 18 heavy (non-hydrogen) atoms. The molecule has 0 bridgehead atoms. The fourth-order valence-corrected chi connectivity index (χ4v) is 2.81. The van der Waals surface area contributed by atoms with Crippen molar-refractivity contribution in [3.05, 3.63) is 0 Å². The summed E-state index contributed by atoms with van der Waals surface area (Å²) in [6, 6.07) is 0.488. The fourth-order valence-electron chi connectivity index (χ4n) is 2.81. The minimum absolute atomic E-state index is 0.130. The Morgan fingerprint density at radius 3 is 2.56 bits per heavy atom. The summed E-state index contributed by atoms with van der Waals surface area (Å²) in [5, 5.41) is 3.34. The number of nitrogens with one attached hydrogen (secondary N) is 1. The Morgan fingerprint density at radius 2 is 1.94 bits per heavy atom. The van der Waals surface area contributed by atoms with Crippen molar-refractivity contribution in [1.82, 2.24) is 5.32 Å². The first-order valence-electron chi connectivity index (χ1n) is 7.32. The number of hydrogen-bond acceptors (Lipinski definition) is 3. The summed E-state index contributed by atoms with van der Waals surface area (Å²) in [6.07, 6.45) is 6.22. The van der Waals surface area contributed by atoms with Crippen molar-refractivity contribution in [2.45, 2.75) is 65.8 Å². The average Bonchev–Trinajstić information content (AvgIpc) is 2.51. The van der Waals surface area contributed by atoms with Crippen molar-refractivity contribution in [1.29, 1.82) is 0 Å². The van der Waals surface area contributed by atoms with E-state index < -0.39 is 0 Å². The van der Waals surface area contributed by atoms with Gasteiger partial charge in [-0.15, -0.1) is 0 Å². The lowest BCUT2D eigenvalue weighted by Crippen LogP contribution is -2.34. The van der Waals surface area contributed by atoms with Gasteiger partial charge in [-0.25, -0.2) is 0 Å².